The van der Waals surface area contributed by atoms with E-state index in [1.807, 2.05) is 38.5 Å². The number of aromatic nitrogens is 4. The molecule has 2 aliphatic heterocycles. The molecule has 5 heterocycles. The lowest BCUT2D eigenvalue weighted by molar-refractivity contribution is -0.116. The fraction of sp³-hybridized carbons (Fsp3) is 0.345. The van der Waals surface area contributed by atoms with Crippen molar-refractivity contribution in [3.63, 3.8) is 0 Å². The van der Waals surface area contributed by atoms with E-state index < -0.39 is 0 Å². The first-order chi connectivity index (χ1) is 18.9. The van der Waals surface area contributed by atoms with Gasteiger partial charge in [0.05, 0.1) is 35.5 Å². The van der Waals surface area contributed by atoms with E-state index >= 15 is 0 Å². The molecule has 1 amide bonds. The maximum absolute atomic E-state index is 12.3. The Balaban J connectivity index is 1.32. The van der Waals surface area contributed by atoms with Gasteiger partial charge in [-0.05, 0) is 36.7 Å². The van der Waals surface area contributed by atoms with E-state index in [1.165, 1.54) is 0 Å². The zero-order valence-electron chi connectivity index (χ0n) is 22.5. The molecule has 0 radical (unpaired) electrons. The van der Waals surface area contributed by atoms with Crippen molar-refractivity contribution in [1.29, 1.82) is 0 Å². The van der Waals surface area contributed by atoms with Crippen LogP contribution in [0.2, 0.25) is 0 Å². The van der Waals surface area contributed by atoms with E-state index in [2.05, 4.69) is 60.6 Å². The summed E-state index contributed by atoms with van der Waals surface area (Å²) in [6.45, 7) is 8.45. The molecular weight excluding hydrogens is 490 g/mol. The molecule has 6 rings (SSSR count). The third-order valence-electron chi connectivity index (χ3n) is 7.17. The van der Waals surface area contributed by atoms with Gasteiger partial charge in [0.2, 0.25) is 5.91 Å². The van der Waals surface area contributed by atoms with E-state index in [1.54, 1.807) is 6.20 Å². The molecule has 1 fully saturated rings. The largest absolute Gasteiger partial charge is 0.366 e. The second kappa shape index (κ2) is 10.5. The Morgan fingerprint density at radius 2 is 1.85 bits per heavy atom. The number of carbonyl (C=O) groups excluding carboxylic acids is 1. The minimum absolute atomic E-state index is 0.0108. The van der Waals surface area contributed by atoms with Gasteiger partial charge in [-0.1, -0.05) is 19.9 Å². The van der Waals surface area contributed by atoms with Crippen molar-refractivity contribution in [3.05, 3.63) is 60.4 Å². The Labute approximate surface area is 227 Å². The Hall–Kier alpha value is -4.31. The highest BCUT2D eigenvalue weighted by Crippen LogP contribution is 2.31. The zero-order valence-corrected chi connectivity index (χ0v) is 22.5. The van der Waals surface area contributed by atoms with Crippen molar-refractivity contribution in [1.82, 2.24) is 24.8 Å². The minimum Gasteiger partial charge on any atom is -0.366 e. The molecule has 39 heavy (non-hydrogen) atoms. The second-order valence-electron chi connectivity index (χ2n) is 10.6. The number of hydrogen-bond donors (Lipinski definition) is 3. The lowest BCUT2D eigenvalue weighted by atomic mass is 9.99. The molecule has 2 aliphatic rings. The average Bonchev–Trinajstić information content (AvgIpc) is 3.37. The first-order valence-corrected chi connectivity index (χ1v) is 13.4. The number of rotatable bonds is 6. The van der Waals surface area contributed by atoms with Crippen LogP contribution in [0.1, 0.15) is 31.7 Å². The van der Waals surface area contributed by atoms with E-state index in [0.29, 0.717) is 24.7 Å². The van der Waals surface area contributed by atoms with Crippen LogP contribution in [-0.2, 0) is 4.79 Å². The topological polar surface area (TPSA) is 114 Å². The number of carbonyl (C=O) groups is 1. The highest BCUT2D eigenvalue weighted by molar-refractivity contribution is 6.16. The van der Waals surface area contributed by atoms with Crippen LogP contribution in [0.3, 0.4) is 0 Å². The van der Waals surface area contributed by atoms with Crippen molar-refractivity contribution >= 4 is 39.7 Å². The molecule has 10 heteroatoms. The number of aromatic amines is 1. The Kier molecular flexibility index (Phi) is 6.70. The average molecular weight is 524 g/mol. The highest BCUT2D eigenvalue weighted by atomic mass is 16.1. The molecule has 0 aliphatic carbocycles. The van der Waals surface area contributed by atoms with Crippen LogP contribution in [0.25, 0.3) is 22.2 Å². The van der Waals surface area contributed by atoms with Crippen LogP contribution in [0.5, 0.6) is 0 Å². The SMILES string of the molecule is CC(C)CC(=O)Nc1cncc(-c2ccc3c(c2)C(c2nc4c(N5CCN(C)CC5)cncc4[nH]2)=NCN3)c1. The van der Waals surface area contributed by atoms with Crippen LogP contribution in [0.4, 0.5) is 17.1 Å². The summed E-state index contributed by atoms with van der Waals surface area (Å²) in [5, 5.41) is 6.34. The standard InChI is InChI=1S/C29H33N9O/c1-18(2)10-26(39)34-21-11-20(13-30-14-21)19-4-5-23-22(12-19)27(33-17-32-23)29-35-24-15-31-16-25(28(24)36-29)38-8-6-37(3)7-9-38/h4-5,11-16,18,32H,6-10,17H2,1-3H3,(H,34,39)(H,35,36). The predicted octanol–water partition coefficient (Wildman–Crippen LogP) is 3.98. The van der Waals surface area contributed by atoms with Crippen molar-refractivity contribution < 1.29 is 4.79 Å². The number of benzene rings is 1. The lowest BCUT2D eigenvalue weighted by Gasteiger charge is -2.33. The molecule has 1 aromatic carbocycles. The molecule has 10 nitrogen and oxygen atoms in total. The number of piperazine rings is 1. The third-order valence-corrected chi connectivity index (χ3v) is 7.17. The predicted molar refractivity (Wildman–Crippen MR) is 155 cm³/mol. The summed E-state index contributed by atoms with van der Waals surface area (Å²) in [6, 6.07) is 8.17. The quantitative estimate of drug-likeness (QED) is 0.350. The van der Waals surface area contributed by atoms with Gasteiger partial charge in [0.1, 0.15) is 17.9 Å². The number of aliphatic imine (C=N–C) groups is 1. The fourth-order valence-electron chi connectivity index (χ4n) is 5.12. The number of H-pyrrole nitrogens is 1. The van der Waals surface area contributed by atoms with Gasteiger partial charge in [-0.25, -0.2) is 4.98 Å². The lowest BCUT2D eigenvalue weighted by Crippen LogP contribution is -2.44. The van der Waals surface area contributed by atoms with Crippen molar-refractivity contribution in [3.8, 4) is 11.1 Å². The summed E-state index contributed by atoms with van der Waals surface area (Å²) >= 11 is 0. The number of likely N-dealkylation sites (N-methyl/N-ethyl adjacent to an activating group) is 1. The van der Waals surface area contributed by atoms with Gasteiger partial charge in [-0.3, -0.25) is 19.8 Å². The van der Waals surface area contributed by atoms with Crippen molar-refractivity contribution in [2.75, 3.05) is 55.4 Å². The smallest absolute Gasteiger partial charge is 0.224 e. The van der Waals surface area contributed by atoms with Gasteiger partial charge < -0.3 is 25.4 Å². The number of fused-ring (bicyclic) bond motifs is 2. The van der Waals surface area contributed by atoms with Gasteiger partial charge in [-0.15, -0.1) is 0 Å². The van der Waals surface area contributed by atoms with Crippen LogP contribution in [0.15, 0.2) is 54.0 Å². The van der Waals surface area contributed by atoms with Crippen LogP contribution in [0, 0.1) is 5.92 Å². The molecule has 4 aromatic rings. The molecule has 0 atom stereocenters. The second-order valence-corrected chi connectivity index (χ2v) is 10.6. The summed E-state index contributed by atoms with van der Waals surface area (Å²) < 4.78 is 0. The maximum Gasteiger partial charge on any atom is 0.224 e. The van der Waals surface area contributed by atoms with Gasteiger partial charge in [0.25, 0.3) is 0 Å². The molecule has 3 aromatic heterocycles. The normalized spacial score (nSPS) is 15.7. The summed E-state index contributed by atoms with van der Waals surface area (Å²) in [6.07, 6.45) is 7.69. The zero-order chi connectivity index (χ0) is 26.9. The highest BCUT2D eigenvalue weighted by Gasteiger charge is 2.23. The maximum atomic E-state index is 12.3. The van der Waals surface area contributed by atoms with Gasteiger partial charge >= 0.3 is 0 Å². The van der Waals surface area contributed by atoms with Crippen molar-refractivity contribution in [2.45, 2.75) is 20.3 Å². The summed E-state index contributed by atoms with van der Waals surface area (Å²) in [5.74, 6) is 1.00. The number of pyridine rings is 2. The van der Waals surface area contributed by atoms with Gasteiger partial charge in [0, 0.05) is 55.6 Å². The molecule has 3 N–H and O–H groups in total. The van der Waals surface area contributed by atoms with E-state index in [-0.39, 0.29) is 5.91 Å². The number of nitrogens with zero attached hydrogens (tertiary/aromatic N) is 6. The van der Waals surface area contributed by atoms with Gasteiger partial charge in [-0.2, -0.15) is 0 Å². The number of nitrogens with one attached hydrogen (secondary N) is 3. The molecule has 200 valence electrons. The third kappa shape index (κ3) is 5.20. The fourth-order valence-corrected chi connectivity index (χ4v) is 5.12. The first kappa shape index (κ1) is 25.0. The first-order valence-electron chi connectivity index (χ1n) is 13.4. The monoisotopic (exact) mass is 523 g/mol. The Morgan fingerprint density at radius 3 is 2.67 bits per heavy atom. The van der Waals surface area contributed by atoms with Crippen LogP contribution < -0.4 is 15.5 Å². The summed E-state index contributed by atoms with van der Waals surface area (Å²) in [7, 11) is 2.15. The Morgan fingerprint density at radius 1 is 1.03 bits per heavy atom. The minimum atomic E-state index is -0.0108. The Bertz CT molecular complexity index is 1550. The van der Waals surface area contributed by atoms with Crippen LogP contribution >= 0.6 is 0 Å². The molecule has 0 saturated carbocycles. The van der Waals surface area contributed by atoms with E-state index in [0.717, 1.165) is 76.8 Å². The summed E-state index contributed by atoms with van der Waals surface area (Å²) in [4.78, 5) is 39.2. The van der Waals surface area contributed by atoms with Crippen LogP contribution in [-0.4, -0.2) is 76.4 Å². The molecular formula is C29H33N9O. The van der Waals surface area contributed by atoms with Gasteiger partial charge in [0.15, 0.2) is 5.82 Å². The molecule has 0 unspecified atom stereocenters. The molecule has 0 bridgehead atoms. The van der Waals surface area contributed by atoms with Crippen molar-refractivity contribution in [2.24, 2.45) is 10.9 Å². The molecule has 0 spiro atoms. The number of hydrogen-bond acceptors (Lipinski definition) is 8. The van der Waals surface area contributed by atoms with E-state index in [9.17, 15) is 4.79 Å². The summed E-state index contributed by atoms with van der Waals surface area (Å²) in [5.41, 5.74) is 8.20. The number of imidazole rings is 1. The molecule has 1 saturated heterocycles. The number of anilines is 3. The van der Waals surface area contributed by atoms with E-state index in [4.69, 9.17) is 9.98 Å². The number of amides is 1.